The molecule has 32 heavy (non-hydrogen) atoms. The number of hydrogen-bond acceptors (Lipinski definition) is 5. The lowest BCUT2D eigenvalue weighted by Gasteiger charge is -2.21. The van der Waals surface area contributed by atoms with E-state index in [0.717, 1.165) is 4.90 Å². The topological polar surface area (TPSA) is 92.1 Å². The second kappa shape index (κ2) is 7.07. The Morgan fingerprint density at radius 3 is 2.38 bits per heavy atom. The zero-order valence-electron chi connectivity index (χ0n) is 15.6. The lowest BCUT2D eigenvalue weighted by Crippen LogP contribution is -2.30. The fraction of sp³-hybridized carbons (Fsp3) is 0.100. The summed E-state index contributed by atoms with van der Waals surface area (Å²) in [5.74, 6) is -3.12. The average molecular weight is 481 g/mol. The van der Waals surface area contributed by atoms with Gasteiger partial charge in [0.15, 0.2) is 5.43 Å². The number of carbonyl (C=O) groups excluding carboxylic acids is 1. The van der Waals surface area contributed by atoms with Gasteiger partial charge in [0.05, 0.1) is 17.0 Å². The van der Waals surface area contributed by atoms with Gasteiger partial charge in [-0.25, -0.2) is 0 Å². The van der Waals surface area contributed by atoms with Gasteiger partial charge in [-0.05, 0) is 35.9 Å². The first-order valence-electron chi connectivity index (χ1n) is 9.00. The summed E-state index contributed by atoms with van der Waals surface area (Å²) in [5.41, 5.74) is -0.112. The molecule has 0 spiro atoms. The number of nitrogens with one attached hydrogen (secondary N) is 1. The number of carbonyl (C=O) groups is 1. The van der Waals surface area contributed by atoms with Gasteiger partial charge in [-0.2, -0.15) is 18.2 Å². The smallest absolute Gasteiger partial charge is 0.450 e. The highest BCUT2D eigenvalue weighted by atomic mass is 35.5. The predicted octanol–water partition coefficient (Wildman–Crippen LogP) is 4.99. The van der Waals surface area contributed by atoms with Crippen molar-refractivity contribution in [3.63, 3.8) is 0 Å². The highest BCUT2D eigenvalue weighted by Crippen LogP contribution is 2.41. The minimum absolute atomic E-state index is 0.0644. The largest absolute Gasteiger partial charge is 0.451 e. The molecule has 0 saturated heterocycles. The minimum Gasteiger partial charge on any atom is -0.450 e. The molecule has 162 valence electrons. The number of fused-ring (bicyclic) bond motifs is 2. The fourth-order valence-electron chi connectivity index (χ4n) is 3.60. The lowest BCUT2D eigenvalue weighted by molar-refractivity contribution is -0.144. The number of halogens is 5. The third-order valence-electron chi connectivity index (χ3n) is 4.98. The first-order chi connectivity index (χ1) is 15.1. The minimum atomic E-state index is -4.81. The maximum Gasteiger partial charge on any atom is 0.451 e. The van der Waals surface area contributed by atoms with Gasteiger partial charge in [0.2, 0.25) is 11.6 Å². The van der Waals surface area contributed by atoms with Crippen LogP contribution in [0.5, 0.6) is 0 Å². The Morgan fingerprint density at radius 1 is 1.03 bits per heavy atom. The van der Waals surface area contributed by atoms with Crippen LogP contribution in [-0.4, -0.2) is 21.1 Å². The molecule has 1 atom stereocenters. The molecule has 2 aromatic heterocycles. The van der Waals surface area contributed by atoms with Crippen LogP contribution >= 0.6 is 23.2 Å². The number of aromatic nitrogens is 3. The molecule has 0 aliphatic carbocycles. The Labute approximate surface area is 186 Å². The third-order valence-corrected chi connectivity index (χ3v) is 5.46. The number of hydrogen-bond donors (Lipinski definition) is 1. The SMILES string of the molecule is O=C1c2oc3ccc(Cl)cc3c(=O)c2[C@H](c2ccc(Cl)cc2)N1c1n[nH]c(C(F)(F)F)n1. The van der Waals surface area contributed by atoms with E-state index >= 15 is 0 Å². The van der Waals surface area contributed by atoms with Gasteiger partial charge < -0.3 is 4.42 Å². The van der Waals surface area contributed by atoms with Crippen LogP contribution in [-0.2, 0) is 6.18 Å². The molecule has 0 fully saturated rings. The second-order valence-electron chi connectivity index (χ2n) is 6.93. The quantitative estimate of drug-likeness (QED) is 0.436. The van der Waals surface area contributed by atoms with Gasteiger partial charge in [-0.1, -0.05) is 35.3 Å². The Bertz CT molecular complexity index is 1450. The Morgan fingerprint density at radius 2 is 1.72 bits per heavy atom. The molecule has 12 heteroatoms. The second-order valence-corrected chi connectivity index (χ2v) is 7.80. The summed E-state index contributed by atoms with van der Waals surface area (Å²) in [6.45, 7) is 0. The van der Waals surface area contributed by atoms with E-state index in [0.29, 0.717) is 10.6 Å². The van der Waals surface area contributed by atoms with Crippen LogP contribution in [0.25, 0.3) is 11.0 Å². The monoisotopic (exact) mass is 480 g/mol. The van der Waals surface area contributed by atoms with Crippen molar-refractivity contribution >= 4 is 46.0 Å². The number of anilines is 1. The molecule has 2 aromatic carbocycles. The summed E-state index contributed by atoms with van der Waals surface area (Å²) in [6, 6.07) is 9.30. The molecule has 1 aliphatic heterocycles. The summed E-state index contributed by atoms with van der Waals surface area (Å²) >= 11 is 12.0. The molecule has 0 saturated carbocycles. The number of nitrogens with zero attached hydrogens (tertiary/aromatic N) is 3. The van der Waals surface area contributed by atoms with E-state index in [9.17, 15) is 22.8 Å². The number of alkyl halides is 3. The van der Waals surface area contributed by atoms with E-state index in [1.807, 2.05) is 0 Å². The molecule has 1 aliphatic rings. The first kappa shape index (κ1) is 20.5. The Kier molecular flexibility index (Phi) is 4.54. The zero-order valence-corrected chi connectivity index (χ0v) is 17.1. The molecule has 1 N–H and O–H groups in total. The molecule has 5 rings (SSSR count). The third kappa shape index (κ3) is 3.14. The van der Waals surface area contributed by atoms with E-state index in [1.165, 1.54) is 30.3 Å². The Balaban J connectivity index is 1.78. The van der Waals surface area contributed by atoms with Crippen molar-refractivity contribution < 1.29 is 22.4 Å². The van der Waals surface area contributed by atoms with E-state index in [4.69, 9.17) is 27.6 Å². The van der Waals surface area contributed by atoms with Crippen molar-refractivity contribution in [1.29, 1.82) is 0 Å². The fourth-order valence-corrected chi connectivity index (χ4v) is 3.90. The van der Waals surface area contributed by atoms with Crippen LogP contribution < -0.4 is 10.3 Å². The molecule has 7 nitrogen and oxygen atoms in total. The summed E-state index contributed by atoms with van der Waals surface area (Å²) < 4.78 is 44.9. The number of amides is 1. The van der Waals surface area contributed by atoms with Crippen LogP contribution in [0.2, 0.25) is 10.0 Å². The highest BCUT2D eigenvalue weighted by molar-refractivity contribution is 6.31. The van der Waals surface area contributed by atoms with Crippen molar-refractivity contribution in [3.8, 4) is 0 Å². The van der Waals surface area contributed by atoms with Crippen molar-refractivity contribution in [3.05, 3.63) is 85.4 Å². The van der Waals surface area contributed by atoms with E-state index in [2.05, 4.69) is 10.1 Å². The van der Waals surface area contributed by atoms with Gasteiger partial charge in [-0.15, -0.1) is 5.10 Å². The number of H-pyrrole nitrogens is 1. The molecule has 1 amide bonds. The van der Waals surface area contributed by atoms with Gasteiger partial charge in [0, 0.05) is 10.0 Å². The lowest BCUT2D eigenvalue weighted by atomic mass is 9.99. The normalized spacial score (nSPS) is 16.1. The molecule has 0 radical (unpaired) electrons. The molecule has 0 bridgehead atoms. The van der Waals surface area contributed by atoms with Gasteiger partial charge in [-0.3, -0.25) is 19.6 Å². The summed E-state index contributed by atoms with van der Waals surface area (Å²) in [7, 11) is 0. The van der Waals surface area contributed by atoms with Crippen LogP contribution in [0.4, 0.5) is 19.1 Å². The van der Waals surface area contributed by atoms with E-state index < -0.39 is 35.3 Å². The van der Waals surface area contributed by atoms with Crippen molar-refractivity contribution in [1.82, 2.24) is 15.2 Å². The van der Waals surface area contributed by atoms with Crippen LogP contribution in [0, 0.1) is 0 Å². The van der Waals surface area contributed by atoms with Crippen LogP contribution in [0.1, 0.15) is 33.5 Å². The molecule has 4 aromatic rings. The maximum atomic E-state index is 13.4. The zero-order chi connectivity index (χ0) is 22.8. The van der Waals surface area contributed by atoms with Crippen molar-refractivity contribution in [2.45, 2.75) is 12.2 Å². The van der Waals surface area contributed by atoms with E-state index in [-0.39, 0.29) is 27.3 Å². The van der Waals surface area contributed by atoms with Gasteiger partial charge in [0.1, 0.15) is 5.58 Å². The number of rotatable bonds is 2. The first-order valence-corrected chi connectivity index (χ1v) is 9.75. The average Bonchev–Trinajstić information content (AvgIpc) is 3.33. The van der Waals surface area contributed by atoms with Crippen molar-refractivity contribution in [2.24, 2.45) is 0 Å². The summed E-state index contributed by atoms with van der Waals surface area (Å²) in [5, 5.41) is 6.13. The summed E-state index contributed by atoms with van der Waals surface area (Å²) in [6.07, 6.45) is -4.81. The standard InChI is InChI=1S/C20H9Cl2F3N4O3/c21-9-3-1-8(2-4-9)14-13-15(30)11-7-10(22)5-6-12(11)32-16(13)17(31)29(14)19-26-18(27-28-19)20(23,24)25/h1-7,14H,(H,26,27,28)/t14-/m0/s1. The summed E-state index contributed by atoms with van der Waals surface area (Å²) in [4.78, 5) is 30.9. The molecular formula is C20H9Cl2F3N4O3. The van der Waals surface area contributed by atoms with Crippen molar-refractivity contribution in [2.75, 3.05) is 4.90 Å². The molecular weight excluding hydrogens is 472 g/mol. The number of aromatic amines is 1. The van der Waals surface area contributed by atoms with E-state index in [1.54, 1.807) is 17.2 Å². The van der Waals surface area contributed by atoms with Crippen LogP contribution in [0.3, 0.4) is 0 Å². The Hall–Kier alpha value is -3.37. The van der Waals surface area contributed by atoms with Crippen LogP contribution in [0.15, 0.2) is 51.7 Å². The van der Waals surface area contributed by atoms with Gasteiger partial charge in [0.25, 0.3) is 11.9 Å². The molecule has 3 heterocycles. The predicted molar refractivity (Wildman–Crippen MR) is 109 cm³/mol. The highest BCUT2D eigenvalue weighted by Gasteiger charge is 2.46. The maximum absolute atomic E-state index is 13.4. The van der Waals surface area contributed by atoms with Gasteiger partial charge >= 0.3 is 6.18 Å². The molecule has 0 unspecified atom stereocenters. The number of benzene rings is 2.